The molecule has 0 spiro atoms. The average Bonchev–Trinajstić information content (AvgIpc) is 2.39. The molecule has 1 aliphatic heterocycles. The summed E-state index contributed by atoms with van der Waals surface area (Å²) in [4.78, 5) is 31.7. The number of nitrogens with zero attached hydrogens (tertiary/aromatic N) is 3. The van der Waals surface area contributed by atoms with E-state index in [4.69, 9.17) is 9.84 Å². The number of morpholine rings is 1. The van der Waals surface area contributed by atoms with Crippen molar-refractivity contribution in [2.75, 3.05) is 26.3 Å². The van der Waals surface area contributed by atoms with E-state index in [2.05, 4.69) is 9.97 Å². The highest BCUT2D eigenvalue weighted by Crippen LogP contribution is 2.05. The minimum Gasteiger partial charge on any atom is -0.476 e. The number of aromatic nitrogens is 2. The third-order valence-electron chi connectivity index (χ3n) is 2.37. The van der Waals surface area contributed by atoms with Gasteiger partial charge in [-0.05, 0) is 0 Å². The second-order valence-corrected chi connectivity index (χ2v) is 3.50. The van der Waals surface area contributed by atoms with Gasteiger partial charge >= 0.3 is 5.97 Å². The maximum absolute atomic E-state index is 11.9. The van der Waals surface area contributed by atoms with E-state index in [1.807, 2.05) is 0 Å². The maximum Gasteiger partial charge on any atom is 0.356 e. The molecule has 0 atom stereocenters. The zero-order valence-electron chi connectivity index (χ0n) is 9.00. The Balaban J connectivity index is 2.18. The summed E-state index contributed by atoms with van der Waals surface area (Å²) in [6, 6.07) is 0. The van der Waals surface area contributed by atoms with Gasteiger partial charge in [-0.25, -0.2) is 9.78 Å². The molecule has 1 amide bonds. The molecule has 1 saturated heterocycles. The Morgan fingerprint density at radius 3 is 2.53 bits per heavy atom. The monoisotopic (exact) mass is 237 g/mol. The fraction of sp³-hybridized carbons (Fsp3) is 0.400. The molecule has 0 unspecified atom stereocenters. The molecule has 0 bridgehead atoms. The lowest BCUT2D eigenvalue weighted by molar-refractivity contribution is 0.0298. The van der Waals surface area contributed by atoms with Gasteiger partial charge in [0.1, 0.15) is 5.69 Å². The molecule has 1 aromatic heterocycles. The molecule has 2 heterocycles. The third-order valence-corrected chi connectivity index (χ3v) is 2.37. The standard InChI is InChI=1S/C10H11N3O4/c14-9(13-1-3-17-4-2-13)7-5-11-6-8(12-7)10(15)16/h5-6H,1-4H2,(H,15,16). The number of carbonyl (C=O) groups excluding carboxylic acids is 1. The number of rotatable bonds is 2. The number of aromatic carboxylic acids is 1. The van der Waals surface area contributed by atoms with Gasteiger partial charge in [0.15, 0.2) is 5.69 Å². The Morgan fingerprint density at radius 2 is 1.88 bits per heavy atom. The quantitative estimate of drug-likeness (QED) is 0.755. The van der Waals surface area contributed by atoms with Crippen molar-refractivity contribution in [3.8, 4) is 0 Å². The largest absolute Gasteiger partial charge is 0.476 e. The Bertz CT molecular complexity index is 443. The fourth-order valence-electron chi connectivity index (χ4n) is 1.50. The molecule has 1 N–H and O–H groups in total. The van der Waals surface area contributed by atoms with E-state index in [1.54, 1.807) is 4.90 Å². The highest BCUT2D eigenvalue weighted by Gasteiger charge is 2.20. The molecule has 7 nitrogen and oxygen atoms in total. The third kappa shape index (κ3) is 2.56. The van der Waals surface area contributed by atoms with Gasteiger partial charge in [-0.3, -0.25) is 9.78 Å². The van der Waals surface area contributed by atoms with E-state index in [0.717, 1.165) is 6.20 Å². The summed E-state index contributed by atoms with van der Waals surface area (Å²) in [6.45, 7) is 1.94. The first-order chi connectivity index (χ1) is 8.18. The molecule has 1 aromatic rings. The summed E-state index contributed by atoms with van der Waals surface area (Å²) in [5.41, 5.74) is -0.184. The molecule has 0 radical (unpaired) electrons. The molecule has 0 saturated carbocycles. The van der Waals surface area contributed by atoms with Crippen molar-refractivity contribution in [1.82, 2.24) is 14.9 Å². The predicted octanol–water partition coefficient (Wildman–Crippen LogP) is -0.353. The fourth-order valence-corrected chi connectivity index (χ4v) is 1.50. The Hall–Kier alpha value is -2.02. The van der Waals surface area contributed by atoms with Crippen LogP contribution >= 0.6 is 0 Å². The van der Waals surface area contributed by atoms with Gasteiger partial charge in [-0.1, -0.05) is 0 Å². The van der Waals surface area contributed by atoms with Crippen molar-refractivity contribution in [2.24, 2.45) is 0 Å². The van der Waals surface area contributed by atoms with E-state index in [1.165, 1.54) is 6.20 Å². The molecule has 1 aliphatic rings. The van der Waals surface area contributed by atoms with Crippen molar-refractivity contribution in [2.45, 2.75) is 0 Å². The number of amides is 1. The Morgan fingerprint density at radius 1 is 1.24 bits per heavy atom. The van der Waals surface area contributed by atoms with Gasteiger partial charge in [-0.15, -0.1) is 0 Å². The highest BCUT2D eigenvalue weighted by molar-refractivity contribution is 5.93. The van der Waals surface area contributed by atoms with Crippen LogP contribution in [-0.2, 0) is 4.74 Å². The second-order valence-electron chi connectivity index (χ2n) is 3.50. The van der Waals surface area contributed by atoms with Crippen molar-refractivity contribution in [3.05, 3.63) is 23.8 Å². The molecule has 90 valence electrons. The number of hydrogen-bond donors (Lipinski definition) is 1. The maximum atomic E-state index is 11.9. The van der Waals surface area contributed by atoms with Crippen LogP contribution in [0.4, 0.5) is 0 Å². The van der Waals surface area contributed by atoms with Crippen LogP contribution in [0.2, 0.25) is 0 Å². The zero-order valence-corrected chi connectivity index (χ0v) is 9.00. The Labute approximate surface area is 97.0 Å². The van der Waals surface area contributed by atoms with Crippen molar-refractivity contribution in [1.29, 1.82) is 0 Å². The van der Waals surface area contributed by atoms with Crippen LogP contribution in [0.5, 0.6) is 0 Å². The number of carboxylic acid groups (broad SMARTS) is 1. The lowest BCUT2D eigenvalue weighted by Gasteiger charge is -2.26. The van der Waals surface area contributed by atoms with Crippen LogP contribution in [0.3, 0.4) is 0 Å². The molecule has 7 heteroatoms. The smallest absolute Gasteiger partial charge is 0.356 e. The summed E-state index contributed by atoms with van der Waals surface area (Å²) >= 11 is 0. The van der Waals surface area contributed by atoms with Crippen LogP contribution < -0.4 is 0 Å². The summed E-state index contributed by atoms with van der Waals surface area (Å²) in [5.74, 6) is -1.52. The van der Waals surface area contributed by atoms with E-state index >= 15 is 0 Å². The first kappa shape index (κ1) is 11.5. The highest BCUT2D eigenvalue weighted by atomic mass is 16.5. The van der Waals surface area contributed by atoms with Crippen molar-refractivity contribution >= 4 is 11.9 Å². The van der Waals surface area contributed by atoms with E-state index < -0.39 is 5.97 Å². The van der Waals surface area contributed by atoms with Gasteiger partial charge in [0.25, 0.3) is 5.91 Å². The van der Waals surface area contributed by atoms with Crippen LogP contribution in [0, 0.1) is 0 Å². The molecule has 1 fully saturated rings. The van der Waals surface area contributed by atoms with Crippen LogP contribution in [-0.4, -0.2) is 58.2 Å². The van der Waals surface area contributed by atoms with Crippen LogP contribution in [0.25, 0.3) is 0 Å². The molecular weight excluding hydrogens is 226 g/mol. The Kier molecular flexibility index (Phi) is 3.29. The first-order valence-corrected chi connectivity index (χ1v) is 5.11. The number of carboxylic acids is 1. The first-order valence-electron chi connectivity index (χ1n) is 5.11. The summed E-state index contributed by atoms with van der Waals surface area (Å²) in [5, 5.41) is 8.75. The second kappa shape index (κ2) is 4.88. The predicted molar refractivity (Wildman–Crippen MR) is 55.7 cm³/mol. The minimum absolute atomic E-state index is 0.0480. The van der Waals surface area contributed by atoms with E-state index in [0.29, 0.717) is 26.3 Å². The summed E-state index contributed by atoms with van der Waals surface area (Å²) < 4.78 is 5.12. The molecule has 0 aliphatic carbocycles. The topological polar surface area (TPSA) is 92.6 Å². The van der Waals surface area contributed by atoms with Gasteiger partial charge in [0.05, 0.1) is 25.6 Å². The molecular formula is C10H11N3O4. The molecule has 2 rings (SSSR count). The minimum atomic E-state index is -1.20. The van der Waals surface area contributed by atoms with Crippen molar-refractivity contribution in [3.63, 3.8) is 0 Å². The van der Waals surface area contributed by atoms with Crippen molar-refractivity contribution < 1.29 is 19.4 Å². The number of carbonyl (C=O) groups is 2. The number of hydrogen-bond acceptors (Lipinski definition) is 5. The van der Waals surface area contributed by atoms with Gasteiger partial charge in [-0.2, -0.15) is 0 Å². The average molecular weight is 237 g/mol. The summed E-state index contributed by atoms with van der Waals surface area (Å²) in [7, 11) is 0. The zero-order chi connectivity index (χ0) is 12.3. The SMILES string of the molecule is O=C(O)c1cncc(C(=O)N2CCOCC2)n1. The van der Waals surface area contributed by atoms with Gasteiger partial charge in [0.2, 0.25) is 0 Å². The lowest BCUT2D eigenvalue weighted by atomic mass is 10.3. The molecule has 0 aromatic carbocycles. The van der Waals surface area contributed by atoms with Crippen LogP contribution in [0.15, 0.2) is 12.4 Å². The van der Waals surface area contributed by atoms with Crippen LogP contribution in [0.1, 0.15) is 21.0 Å². The van der Waals surface area contributed by atoms with E-state index in [9.17, 15) is 9.59 Å². The normalized spacial score (nSPS) is 15.6. The number of ether oxygens (including phenoxy) is 1. The molecule has 17 heavy (non-hydrogen) atoms. The van der Waals surface area contributed by atoms with Gasteiger partial charge < -0.3 is 14.7 Å². The van der Waals surface area contributed by atoms with E-state index in [-0.39, 0.29) is 17.3 Å². The lowest BCUT2D eigenvalue weighted by Crippen LogP contribution is -2.41. The van der Waals surface area contributed by atoms with Gasteiger partial charge in [0, 0.05) is 13.1 Å². The summed E-state index contributed by atoms with van der Waals surface area (Å²) in [6.07, 6.45) is 2.38.